The summed E-state index contributed by atoms with van der Waals surface area (Å²) in [5, 5.41) is 0. The number of nitrogens with two attached hydrogens (primary N) is 1. The van der Waals surface area contributed by atoms with Crippen LogP contribution in [-0.4, -0.2) is 14.5 Å². The summed E-state index contributed by atoms with van der Waals surface area (Å²) in [5.41, 5.74) is 9.04. The maximum atomic E-state index is 6.22. The minimum absolute atomic E-state index is 0.319. The molecular formula is C14H20N4. The molecule has 0 bridgehead atoms. The van der Waals surface area contributed by atoms with E-state index in [4.69, 9.17) is 5.73 Å². The third kappa shape index (κ3) is 2.10. The van der Waals surface area contributed by atoms with Gasteiger partial charge in [0.2, 0.25) is 0 Å². The standard InChI is InChI=1S/C14H20N4/c1-5-12-17-13(14(15)18(12)9(2)3)11-7-6-10(4)16-8-11/h6-9H,5,15H2,1-4H3. The van der Waals surface area contributed by atoms with Crippen LogP contribution in [-0.2, 0) is 6.42 Å². The Labute approximate surface area is 108 Å². The van der Waals surface area contributed by atoms with Gasteiger partial charge in [-0.1, -0.05) is 6.92 Å². The monoisotopic (exact) mass is 244 g/mol. The lowest BCUT2D eigenvalue weighted by molar-refractivity contribution is 0.579. The molecule has 0 aromatic carbocycles. The van der Waals surface area contributed by atoms with Crippen LogP contribution in [0.4, 0.5) is 5.82 Å². The van der Waals surface area contributed by atoms with E-state index >= 15 is 0 Å². The highest BCUT2D eigenvalue weighted by molar-refractivity contribution is 5.70. The van der Waals surface area contributed by atoms with Crippen LogP contribution in [0.2, 0.25) is 0 Å². The molecule has 0 aliphatic carbocycles. The van der Waals surface area contributed by atoms with Gasteiger partial charge >= 0.3 is 0 Å². The molecule has 0 radical (unpaired) electrons. The second kappa shape index (κ2) is 4.80. The molecule has 2 rings (SSSR count). The van der Waals surface area contributed by atoms with Crippen molar-refractivity contribution in [1.82, 2.24) is 14.5 Å². The number of rotatable bonds is 3. The zero-order valence-electron chi connectivity index (χ0n) is 11.4. The highest BCUT2D eigenvalue weighted by atomic mass is 15.2. The molecule has 0 aliphatic heterocycles. The Morgan fingerprint density at radius 2 is 2.06 bits per heavy atom. The molecular weight excluding hydrogens is 224 g/mol. The molecule has 2 aromatic rings. The minimum Gasteiger partial charge on any atom is -0.383 e. The summed E-state index contributed by atoms with van der Waals surface area (Å²) in [5.74, 6) is 1.76. The maximum Gasteiger partial charge on any atom is 0.132 e. The summed E-state index contributed by atoms with van der Waals surface area (Å²) in [6, 6.07) is 4.32. The van der Waals surface area contributed by atoms with Crippen molar-refractivity contribution in [1.29, 1.82) is 0 Å². The van der Waals surface area contributed by atoms with E-state index in [1.54, 1.807) is 0 Å². The van der Waals surface area contributed by atoms with E-state index < -0.39 is 0 Å². The zero-order valence-corrected chi connectivity index (χ0v) is 11.4. The van der Waals surface area contributed by atoms with Gasteiger partial charge in [0.1, 0.15) is 17.3 Å². The molecule has 0 atom stereocenters. The maximum absolute atomic E-state index is 6.22. The molecule has 96 valence electrons. The fourth-order valence-electron chi connectivity index (χ4n) is 2.14. The molecule has 4 heteroatoms. The van der Waals surface area contributed by atoms with Crippen LogP contribution in [0.15, 0.2) is 18.3 Å². The summed E-state index contributed by atoms with van der Waals surface area (Å²) in [6.07, 6.45) is 2.71. The summed E-state index contributed by atoms with van der Waals surface area (Å²) < 4.78 is 2.09. The first kappa shape index (κ1) is 12.6. The highest BCUT2D eigenvalue weighted by Crippen LogP contribution is 2.28. The van der Waals surface area contributed by atoms with Crippen LogP contribution >= 0.6 is 0 Å². The number of aryl methyl sites for hydroxylation is 2. The van der Waals surface area contributed by atoms with Gasteiger partial charge in [-0.15, -0.1) is 0 Å². The molecule has 0 amide bonds. The Bertz CT molecular complexity index is 538. The second-order valence-corrected chi connectivity index (χ2v) is 4.77. The number of nitrogens with zero attached hydrogens (tertiary/aromatic N) is 3. The van der Waals surface area contributed by atoms with Crippen LogP contribution in [0.3, 0.4) is 0 Å². The molecule has 2 N–H and O–H groups in total. The molecule has 0 saturated heterocycles. The molecule has 2 heterocycles. The van der Waals surface area contributed by atoms with Crippen LogP contribution < -0.4 is 5.73 Å². The van der Waals surface area contributed by atoms with Crippen molar-refractivity contribution in [2.45, 2.75) is 40.2 Å². The average Bonchev–Trinajstić information content (AvgIpc) is 2.67. The number of hydrogen-bond donors (Lipinski definition) is 1. The van der Waals surface area contributed by atoms with E-state index in [1.807, 2.05) is 25.3 Å². The predicted molar refractivity (Wildman–Crippen MR) is 74.4 cm³/mol. The molecule has 2 aromatic heterocycles. The topological polar surface area (TPSA) is 56.7 Å². The Kier molecular flexibility index (Phi) is 3.36. The van der Waals surface area contributed by atoms with Gasteiger partial charge in [-0.25, -0.2) is 4.98 Å². The average molecular weight is 244 g/mol. The summed E-state index contributed by atoms with van der Waals surface area (Å²) >= 11 is 0. The Hall–Kier alpha value is -1.84. The van der Waals surface area contributed by atoms with Crippen molar-refractivity contribution in [3.63, 3.8) is 0 Å². The van der Waals surface area contributed by atoms with Crippen LogP contribution in [0.5, 0.6) is 0 Å². The van der Waals surface area contributed by atoms with Gasteiger partial charge in [0, 0.05) is 29.9 Å². The highest BCUT2D eigenvalue weighted by Gasteiger charge is 2.16. The van der Waals surface area contributed by atoms with Crippen molar-refractivity contribution in [2.24, 2.45) is 0 Å². The largest absolute Gasteiger partial charge is 0.383 e. The summed E-state index contributed by atoms with van der Waals surface area (Å²) in [6.45, 7) is 8.30. The number of pyridine rings is 1. The van der Waals surface area contributed by atoms with E-state index in [0.29, 0.717) is 6.04 Å². The van der Waals surface area contributed by atoms with E-state index in [1.165, 1.54) is 0 Å². The first-order valence-corrected chi connectivity index (χ1v) is 6.34. The summed E-state index contributed by atoms with van der Waals surface area (Å²) in [7, 11) is 0. The van der Waals surface area contributed by atoms with Crippen molar-refractivity contribution >= 4 is 5.82 Å². The Morgan fingerprint density at radius 3 is 2.50 bits per heavy atom. The normalized spacial score (nSPS) is 11.2. The van der Waals surface area contributed by atoms with E-state index in [-0.39, 0.29) is 0 Å². The number of aromatic nitrogens is 3. The van der Waals surface area contributed by atoms with E-state index in [2.05, 4.69) is 35.3 Å². The SMILES string of the molecule is CCc1nc(-c2ccc(C)nc2)c(N)n1C(C)C. The third-order valence-electron chi connectivity index (χ3n) is 3.04. The quantitative estimate of drug-likeness (QED) is 0.903. The minimum atomic E-state index is 0.319. The molecule has 0 unspecified atom stereocenters. The van der Waals surface area contributed by atoms with Crippen molar-refractivity contribution in [2.75, 3.05) is 5.73 Å². The molecule has 18 heavy (non-hydrogen) atoms. The molecule has 4 nitrogen and oxygen atoms in total. The Morgan fingerprint density at radius 1 is 1.33 bits per heavy atom. The predicted octanol–water partition coefficient (Wildman–Crippen LogP) is 2.98. The van der Waals surface area contributed by atoms with Gasteiger partial charge in [-0.2, -0.15) is 0 Å². The van der Waals surface area contributed by atoms with E-state index in [0.717, 1.165) is 35.0 Å². The molecule has 0 fully saturated rings. The fraction of sp³-hybridized carbons (Fsp3) is 0.429. The Balaban J connectivity index is 2.55. The van der Waals surface area contributed by atoms with Crippen LogP contribution in [0.1, 0.15) is 38.3 Å². The van der Waals surface area contributed by atoms with E-state index in [9.17, 15) is 0 Å². The number of anilines is 1. The lowest BCUT2D eigenvalue weighted by Gasteiger charge is -2.12. The fourth-order valence-corrected chi connectivity index (χ4v) is 2.14. The number of nitrogen functional groups attached to an aromatic ring is 1. The smallest absolute Gasteiger partial charge is 0.132 e. The third-order valence-corrected chi connectivity index (χ3v) is 3.04. The number of hydrogen-bond acceptors (Lipinski definition) is 3. The van der Waals surface area contributed by atoms with Gasteiger partial charge in [0.15, 0.2) is 0 Å². The first-order valence-electron chi connectivity index (χ1n) is 6.34. The zero-order chi connectivity index (χ0) is 13.3. The van der Waals surface area contributed by atoms with Gasteiger partial charge in [0.25, 0.3) is 0 Å². The van der Waals surface area contributed by atoms with Crippen LogP contribution in [0, 0.1) is 6.92 Å². The van der Waals surface area contributed by atoms with Gasteiger partial charge in [0.05, 0.1) is 0 Å². The summed E-state index contributed by atoms with van der Waals surface area (Å²) in [4.78, 5) is 8.95. The lowest BCUT2D eigenvalue weighted by Crippen LogP contribution is -2.08. The van der Waals surface area contributed by atoms with Gasteiger partial charge < -0.3 is 10.3 Å². The van der Waals surface area contributed by atoms with Gasteiger partial charge in [-0.3, -0.25) is 4.98 Å². The van der Waals surface area contributed by atoms with Crippen molar-refractivity contribution in [3.8, 4) is 11.3 Å². The molecule has 0 spiro atoms. The number of imidazole rings is 1. The molecule has 0 aliphatic rings. The van der Waals surface area contributed by atoms with Crippen LogP contribution in [0.25, 0.3) is 11.3 Å². The second-order valence-electron chi connectivity index (χ2n) is 4.77. The van der Waals surface area contributed by atoms with Gasteiger partial charge in [-0.05, 0) is 32.9 Å². The van der Waals surface area contributed by atoms with Crippen molar-refractivity contribution < 1.29 is 0 Å². The molecule has 0 saturated carbocycles. The lowest BCUT2D eigenvalue weighted by atomic mass is 10.2. The van der Waals surface area contributed by atoms with Crippen molar-refractivity contribution in [3.05, 3.63) is 29.8 Å². The first-order chi connectivity index (χ1) is 8.54.